The van der Waals surface area contributed by atoms with Gasteiger partial charge in [-0.1, -0.05) is 118 Å². The molecule has 0 saturated carbocycles. The van der Waals surface area contributed by atoms with Crippen LogP contribution in [0.4, 0.5) is 0 Å². The second-order valence-corrected chi connectivity index (χ2v) is 8.93. The van der Waals surface area contributed by atoms with Crippen molar-refractivity contribution in [2.75, 3.05) is 0 Å². The summed E-state index contributed by atoms with van der Waals surface area (Å²) in [6.07, 6.45) is 8.12. The normalized spacial score (nSPS) is 12.7. The summed E-state index contributed by atoms with van der Waals surface area (Å²) in [6, 6.07) is 32.7. The average molecular weight is 532 g/mol. The molecule has 3 aromatic carbocycles. The second-order valence-electron chi connectivity index (χ2n) is 8.93. The largest absolute Gasteiger partial charge is 4.00 e. The van der Waals surface area contributed by atoms with Gasteiger partial charge in [0, 0.05) is 5.41 Å². The van der Waals surface area contributed by atoms with Crippen LogP contribution in [0.1, 0.15) is 43.9 Å². The van der Waals surface area contributed by atoms with Crippen molar-refractivity contribution in [3.8, 4) is 0 Å². The zero-order valence-corrected chi connectivity index (χ0v) is 23.1. The Morgan fingerprint density at radius 3 is 1.52 bits per heavy atom. The van der Waals surface area contributed by atoms with E-state index in [-0.39, 0.29) is 69.8 Å². The monoisotopic (exact) mass is 530 g/mol. The maximum absolute atomic E-state index is 3.86. The summed E-state index contributed by atoms with van der Waals surface area (Å²) in [6.45, 7) is 7.07. The van der Waals surface area contributed by atoms with Crippen molar-refractivity contribution in [1.82, 2.24) is 0 Å². The van der Waals surface area contributed by atoms with Crippen LogP contribution in [0.15, 0.2) is 108 Å². The SMILES string of the molecule is CC(C)(C)C(C1=[C-]C(Cc2ccccc2)=CC1)(c1ccccc1)c1ccccc1.[Cl-].[Cl-].[Cl-].[Ti+4]. The van der Waals surface area contributed by atoms with Gasteiger partial charge in [-0.15, -0.1) is 0 Å². The van der Waals surface area contributed by atoms with Gasteiger partial charge < -0.3 is 37.2 Å². The summed E-state index contributed by atoms with van der Waals surface area (Å²) in [5.74, 6) is 0. The molecule has 0 amide bonds. The first-order valence-corrected chi connectivity index (χ1v) is 10.5. The molecule has 0 radical (unpaired) electrons. The molecule has 170 valence electrons. The van der Waals surface area contributed by atoms with E-state index >= 15 is 0 Å². The maximum atomic E-state index is 3.86. The van der Waals surface area contributed by atoms with E-state index < -0.39 is 0 Å². The molecule has 0 spiro atoms. The van der Waals surface area contributed by atoms with Gasteiger partial charge >= 0.3 is 21.7 Å². The number of halogens is 3. The van der Waals surface area contributed by atoms with Crippen molar-refractivity contribution < 1.29 is 58.9 Å². The van der Waals surface area contributed by atoms with Crippen molar-refractivity contribution in [1.29, 1.82) is 0 Å². The van der Waals surface area contributed by atoms with Gasteiger partial charge in [-0.2, -0.15) is 5.57 Å². The average Bonchev–Trinajstić information content (AvgIpc) is 3.18. The minimum Gasteiger partial charge on any atom is -1.00 e. The van der Waals surface area contributed by atoms with Crippen LogP contribution in [0.2, 0.25) is 0 Å². The van der Waals surface area contributed by atoms with Gasteiger partial charge in [0.25, 0.3) is 0 Å². The van der Waals surface area contributed by atoms with Crippen LogP contribution in [0.3, 0.4) is 0 Å². The van der Waals surface area contributed by atoms with Crippen molar-refractivity contribution >= 4 is 0 Å². The van der Waals surface area contributed by atoms with E-state index in [9.17, 15) is 0 Å². The summed E-state index contributed by atoms with van der Waals surface area (Å²) in [5, 5.41) is 0. The third kappa shape index (κ3) is 6.44. The molecule has 1 aliphatic rings. The van der Waals surface area contributed by atoms with E-state index in [0.717, 1.165) is 12.8 Å². The van der Waals surface area contributed by atoms with E-state index in [1.807, 2.05) is 0 Å². The minimum absolute atomic E-state index is 0. The van der Waals surface area contributed by atoms with Crippen LogP contribution in [-0.2, 0) is 33.6 Å². The molecule has 0 saturated heterocycles. The summed E-state index contributed by atoms with van der Waals surface area (Å²) in [4.78, 5) is 0. The Labute approximate surface area is 233 Å². The molecule has 33 heavy (non-hydrogen) atoms. The molecular weight excluding hydrogens is 503 g/mol. The van der Waals surface area contributed by atoms with Crippen molar-refractivity contribution in [3.63, 3.8) is 0 Å². The topological polar surface area (TPSA) is 0 Å². The van der Waals surface area contributed by atoms with E-state index in [1.54, 1.807) is 0 Å². The summed E-state index contributed by atoms with van der Waals surface area (Å²) < 4.78 is 0. The number of hydrogen-bond acceptors (Lipinski definition) is 0. The molecular formula is C29H29Cl3Ti. The van der Waals surface area contributed by atoms with E-state index in [0.29, 0.717) is 0 Å². The van der Waals surface area contributed by atoms with Crippen molar-refractivity contribution in [3.05, 3.63) is 131 Å². The molecule has 1 aliphatic carbocycles. The third-order valence-electron chi connectivity index (χ3n) is 6.09. The zero-order valence-electron chi connectivity index (χ0n) is 19.3. The molecule has 0 fully saturated rings. The molecule has 0 bridgehead atoms. The summed E-state index contributed by atoms with van der Waals surface area (Å²) >= 11 is 0. The predicted octanol–water partition coefficient (Wildman–Crippen LogP) is -1.67. The first kappa shape index (κ1) is 31.7. The van der Waals surface area contributed by atoms with Gasteiger partial charge in [-0.05, 0) is 28.5 Å². The Balaban J connectivity index is 0.00000256. The van der Waals surface area contributed by atoms with Gasteiger partial charge in [0.2, 0.25) is 0 Å². The Morgan fingerprint density at radius 2 is 1.09 bits per heavy atom. The van der Waals surface area contributed by atoms with Gasteiger partial charge in [-0.3, -0.25) is 0 Å². The molecule has 0 heterocycles. The van der Waals surface area contributed by atoms with Crippen LogP contribution in [-0.4, -0.2) is 0 Å². The predicted molar refractivity (Wildman–Crippen MR) is 123 cm³/mol. The van der Waals surface area contributed by atoms with E-state index in [4.69, 9.17) is 0 Å². The molecule has 4 heteroatoms. The minimum atomic E-state index is -0.218. The first-order valence-electron chi connectivity index (χ1n) is 10.5. The molecule has 0 nitrogen and oxygen atoms in total. The van der Waals surface area contributed by atoms with Crippen molar-refractivity contribution in [2.45, 2.75) is 39.0 Å². The Kier molecular flexibility index (Phi) is 13.0. The van der Waals surface area contributed by atoms with Gasteiger partial charge in [0.15, 0.2) is 0 Å². The fourth-order valence-electron chi connectivity index (χ4n) is 4.91. The standard InChI is InChI=1S/C29H29.3ClH.Ti/c1-28(2,3)29(25-15-9-5-10-16-25,26-17-11-6-12-18-26)27-20-19-24(22-27)21-23-13-7-4-8-14-23;;;;/h4-19H,20-21H2,1-3H3;3*1H;/q-1;;;;+4/p-3. The Morgan fingerprint density at radius 1 is 0.667 bits per heavy atom. The number of allylic oxidation sites excluding steroid dienone is 4. The smallest absolute Gasteiger partial charge is 1.00 e. The number of hydrogen-bond donors (Lipinski definition) is 0. The third-order valence-corrected chi connectivity index (χ3v) is 6.09. The van der Waals surface area contributed by atoms with Crippen molar-refractivity contribution in [2.24, 2.45) is 5.41 Å². The molecule has 0 atom stereocenters. The number of benzene rings is 3. The van der Waals surface area contributed by atoms with E-state index in [2.05, 4.69) is 124 Å². The Bertz CT molecular complexity index is 981. The van der Waals surface area contributed by atoms with Crippen LogP contribution < -0.4 is 37.2 Å². The van der Waals surface area contributed by atoms with Crippen LogP contribution in [0.25, 0.3) is 0 Å². The molecule has 0 aromatic heterocycles. The van der Waals surface area contributed by atoms with Crippen LogP contribution in [0, 0.1) is 11.5 Å². The molecule has 0 N–H and O–H groups in total. The second kappa shape index (κ2) is 13.6. The molecule has 0 unspecified atom stereocenters. The molecule has 3 aromatic rings. The molecule has 0 aliphatic heterocycles. The van der Waals surface area contributed by atoms with Crippen LogP contribution in [0.5, 0.6) is 0 Å². The Hall–Kier alpha value is -1.28. The fraction of sp³-hybridized carbons (Fsp3) is 0.241. The molecule has 4 rings (SSSR count). The zero-order chi connectivity index (χ0) is 20.3. The fourth-order valence-corrected chi connectivity index (χ4v) is 4.91. The quantitative estimate of drug-likeness (QED) is 0.273. The summed E-state index contributed by atoms with van der Waals surface area (Å²) in [5.41, 5.74) is 6.47. The maximum Gasteiger partial charge on any atom is 4.00 e. The number of rotatable bonds is 5. The van der Waals surface area contributed by atoms with Crippen LogP contribution >= 0.6 is 0 Å². The first-order chi connectivity index (χ1) is 14.0. The summed E-state index contributed by atoms with van der Waals surface area (Å²) in [7, 11) is 0. The van der Waals surface area contributed by atoms with Gasteiger partial charge in [-0.25, -0.2) is 17.7 Å². The van der Waals surface area contributed by atoms with Gasteiger partial charge in [0.05, 0.1) is 0 Å². The van der Waals surface area contributed by atoms with Gasteiger partial charge in [0.1, 0.15) is 0 Å². The van der Waals surface area contributed by atoms with E-state index in [1.165, 1.54) is 27.8 Å².